The highest BCUT2D eigenvalue weighted by Crippen LogP contribution is 2.33. The molecule has 0 unspecified atom stereocenters. The molecule has 1 heterocycles. The Kier molecular flexibility index (Phi) is 3.36. The molecule has 0 aliphatic heterocycles. The van der Waals surface area contributed by atoms with Gasteiger partial charge < -0.3 is 11.1 Å². The van der Waals surface area contributed by atoms with Gasteiger partial charge >= 0.3 is 5.69 Å². The number of anilines is 2. The molecule has 1 saturated carbocycles. The lowest BCUT2D eigenvalue weighted by atomic mass is 10.2. The Morgan fingerprint density at radius 3 is 2.94 bits per heavy atom. The quantitative estimate of drug-likeness (QED) is 0.441. The summed E-state index contributed by atoms with van der Waals surface area (Å²) in [4.78, 5) is 17.7. The largest absolute Gasteiger partial charge is 0.378 e. The van der Waals surface area contributed by atoms with Gasteiger partial charge in [-0.05, 0) is 18.8 Å². The zero-order valence-electron chi connectivity index (χ0n) is 9.43. The molecule has 1 aliphatic carbocycles. The lowest BCUT2D eigenvalue weighted by molar-refractivity contribution is -0.383. The van der Waals surface area contributed by atoms with Gasteiger partial charge in [-0.15, -0.1) is 0 Å². The molecule has 17 heavy (non-hydrogen) atoms. The fourth-order valence-electron chi connectivity index (χ4n) is 1.71. The first-order valence-electron chi connectivity index (χ1n) is 5.67. The van der Waals surface area contributed by atoms with Crippen LogP contribution in [0.25, 0.3) is 0 Å². The lowest BCUT2D eigenvalue weighted by Gasteiger charge is -2.06. The van der Waals surface area contributed by atoms with E-state index in [1.165, 1.54) is 25.6 Å². The number of nitro groups is 1. The summed E-state index contributed by atoms with van der Waals surface area (Å²) in [5.74, 6) is 0.968. The van der Waals surface area contributed by atoms with E-state index >= 15 is 0 Å². The minimum absolute atomic E-state index is 0.102. The molecule has 0 spiro atoms. The van der Waals surface area contributed by atoms with E-state index < -0.39 is 4.92 Å². The van der Waals surface area contributed by atoms with Crippen LogP contribution < -0.4 is 11.1 Å². The first kappa shape index (κ1) is 11.6. The van der Waals surface area contributed by atoms with Gasteiger partial charge in [-0.25, -0.2) is 9.97 Å². The van der Waals surface area contributed by atoms with Crippen molar-refractivity contribution in [2.75, 3.05) is 17.6 Å². The van der Waals surface area contributed by atoms with Gasteiger partial charge in [0.15, 0.2) is 0 Å². The van der Waals surface area contributed by atoms with Crippen molar-refractivity contribution >= 4 is 17.3 Å². The highest BCUT2D eigenvalue weighted by atomic mass is 16.6. The summed E-state index contributed by atoms with van der Waals surface area (Å²) in [7, 11) is 0. The standard InChI is InChI=1S/C10H15N5O2/c11-9-8(15(16)17)10(14-6-13-9)12-5-1-2-7-3-4-7/h6-7H,1-5H2,(H3,11,12,13,14). The summed E-state index contributed by atoms with van der Waals surface area (Å²) >= 11 is 0. The zero-order valence-corrected chi connectivity index (χ0v) is 9.43. The highest BCUT2D eigenvalue weighted by Gasteiger charge is 2.22. The van der Waals surface area contributed by atoms with Crippen LogP contribution in [0.2, 0.25) is 0 Å². The van der Waals surface area contributed by atoms with E-state index in [1.807, 2.05) is 0 Å². The molecule has 1 aromatic rings. The monoisotopic (exact) mass is 237 g/mol. The molecule has 0 amide bonds. The fourth-order valence-corrected chi connectivity index (χ4v) is 1.71. The van der Waals surface area contributed by atoms with Crippen molar-refractivity contribution in [3.63, 3.8) is 0 Å². The van der Waals surface area contributed by atoms with Gasteiger partial charge in [-0.1, -0.05) is 12.8 Å². The molecule has 1 aromatic heterocycles. The van der Waals surface area contributed by atoms with Crippen molar-refractivity contribution in [3.05, 3.63) is 16.4 Å². The second-order valence-electron chi connectivity index (χ2n) is 4.23. The van der Waals surface area contributed by atoms with Crippen molar-refractivity contribution in [2.45, 2.75) is 25.7 Å². The SMILES string of the molecule is Nc1ncnc(NCCCC2CC2)c1[N+](=O)[O-]. The molecule has 0 bridgehead atoms. The Balaban J connectivity index is 1.93. The molecule has 0 aromatic carbocycles. The Morgan fingerprint density at radius 1 is 1.53 bits per heavy atom. The Bertz CT molecular complexity index is 419. The molecular formula is C10H15N5O2. The van der Waals surface area contributed by atoms with E-state index in [0.717, 1.165) is 12.3 Å². The van der Waals surface area contributed by atoms with Crippen molar-refractivity contribution in [2.24, 2.45) is 5.92 Å². The second-order valence-corrected chi connectivity index (χ2v) is 4.23. The summed E-state index contributed by atoms with van der Waals surface area (Å²) in [5, 5.41) is 13.7. The van der Waals surface area contributed by atoms with E-state index in [4.69, 9.17) is 5.73 Å². The molecule has 2 rings (SSSR count). The third kappa shape index (κ3) is 3.02. The smallest absolute Gasteiger partial charge is 0.352 e. The number of nitrogens with one attached hydrogen (secondary N) is 1. The normalized spacial score (nSPS) is 14.6. The molecule has 0 atom stereocenters. The number of rotatable bonds is 6. The summed E-state index contributed by atoms with van der Waals surface area (Å²) in [5.41, 5.74) is 5.21. The van der Waals surface area contributed by atoms with Crippen LogP contribution in [0.3, 0.4) is 0 Å². The number of aromatic nitrogens is 2. The molecule has 7 nitrogen and oxygen atoms in total. The molecule has 1 fully saturated rings. The topological polar surface area (TPSA) is 107 Å². The van der Waals surface area contributed by atoms with E-state index in [1.54, 1.807) is 0 Å². The van der Waals surface area contributed by atoms with Crippen molar-refractivity contribution in [1.82, 2.24) is 9.97 Å². The van der Waals surface area contributed by atoms with Crippen molar-refractivity contribution in [3.8, 4) is 0 Å². The number of hydrogen-bond acceptors (Lipinski definition) is 6. The summed E-state index contributed by atoms with van der Waals surface area (Å²) in [6.07, 6.45) is 6.03. The fraction of sp³-hybridized carbons (Fsp3) is 0.600. The van der Waals surface area contributed by atoms with Crippen LogP contribution in [-0.2, 0) is 0 Å². The van der Waals surface area contributed by atoms with Crippen molar-refractivity contribution in [1.29, 1.82) is 0 Å². The average molecular weight is 237 g/mol. The third-order valence-electron chi connectivity index (χ3n) is 2.81. The predicted molar refractivity (Wildman–Crippen MR) is 63.5 cm³/mol. The van der Waals surface area contributed by atoms with Crippen molar-refractivity contribution < 1.29 is 4.92 Å². The Morgan fingerprint density at radius 2 is 2.29 bits per heavy atom. The molecule has 0 radical (unpaired) electrons. The van der Waals surface area contributed by atoms with E-state index in [-0.39, 0.29) is 17.3 Å². The summed E-state index contributed by atoms with van der Waals surface area (Å²) in [6, 6.07) is 0. The predicted octanol–water partition coefficient (Wildman–Crippen LogP) is 1.57. The minimum atomic E-state index is -0.557. The molecule has 7 heteroatoms. The van der Waals surface area contributed by atoms with E-state index in [2.05, 4.69) is 15.3 Å². The van der Waals surface area contributed by atoms with Crippen LogP contribution >= 0.6 is 0 Å². The third-order valence-corrected chi connectivity index (χ3v) is 2.81. The van der Waals surface area contributed by atoms with Crippen LogP contribution in [0.4, 0.5) is 17.3 Å². The van der Waals surface area contributed by atoms with Gasteiger partial charge in [0.05, 0.1) is 4.92 Å². The second kappa shape index (κ2) is 4.94. The van der Waals surface area contributed by atoms with Crippen LogP contribution in [0.5, 0.6) is 0 Å². The molecular weight excluding hydrogens is 222 g/mol. The molecule has 0 saturated heterocycles. The average Bonchev–Trinajstić information content (AvgIpc) is 3.07. The van der Waals surface area contributed by atoms with Gasteiger partial charge in [0.25, 0.3) is 0 Å². The van der Waals surface area contributed by atoms with Gasteiger partial charge in [0.1, 0.15) is 6.33 Å². The molecule has 3 N–H and O–H groups in total. The van der Waals surface area contributed by atoms with Crippen LogP contribution in [0.15, 0.2) is 6.33 Å². The van der Waals surface area contributed by atoms with Crippen LogP contribution in [0, 0.1) is 16.0 Å². The lowest BCUT2D eigenvalue weighted by Crippen LogP contribution is -2.09. The van der Waals surface area contributed by atoms with Gasteiger partial charge in [0, 0.05) is 6.54 Å². The first-order valence-corrected chi connectivity index (χ1v) is 5.67. The maximum absolute atomic E-state index is 10.8. The highest BCUT2D eigenvalue weighted by molar-refractivity contribution is 5.67. The number of nitrogens with two attached hydrogens (primary N) is 1. The van der Waals surface area contributed by atoms with Crippen LogP contribution in [-0.4, -0.2) is 21.4 Å². The zero-order chi connectivity index (χ0) is 12.3. The summed E-state index contributed by atoms with van der Waals surface area (Å²) in [6.45, 7) is 0.674. The van der Waals surface area contributed by atoms with E-state index in [9.17, 15) is 10.1 Å². The maximum Gasteiger partial charge on any atom is 0.352 e. The molecule has 1 aliphatic rings. The number of nitrogens with zero attached hydrogens (tertiary/aromatic N) is 3. The van der Waals surface area contributed by atoms with Gasteiger partial charge in [0.2, 0.25) is 11.6 Å². The molecule has 92 valence electrons. The number of nitrogen functional groups attached to an aromatic ring is 1. The minimum Gasteiger partial charge on any atom is -0.378 e. The van der Waals surface area contributed by atoms with Gasteiger partial charge in [-0.2, -0.15) is 0 Å². The Labute approximate surface area is 98.6 Å². The van der Waals surface area contributed by atoms with Gasteiger partial charge in [-0.3, -0.25) is 10.1 Å². The Hall–Kier alpha value is -1.92. The van der Waals surface area contributed by atoms with E-state index in [0.29, 0.717) is 6.54 Å². The first-order chi connectivity index (χ1) is 8.18. The summed E-state index contributed by atoms with van der Waals surface area (Å²) < 4.78 is 0. The maximum atomic E-state index is 10.8. The number of hydrogen-bond donors (Lipinski definition) is 2. The van der Waals surface area contributed by atoms with Crippen LogP contribution in [0.1, 0.15) is 25.7 Å².